The Hall–Kier alpha value is -3.74. The summed E-state index contributed by atoms with van der Waals surface area (Å²) in [7, 11) is 0. The lowest BCUT2D eigenvalue weighted by Crippen LogP contribution is -2.56. The third-order valence-electron chi connectivity index (χ3n) is 10.8. The molecule has 48 heavy (non-hydrogen) atoms. The van der Waals surface area contributed by atoms with Gasteiger partial charge in [0.05, 0.1) is 18.2 Å². The highest BCUT2D eigenvalue weighted by Crippen LogP contribution is 2.59. The van der Waals surface area contributed by atoms with E-state index in [1.807, 2.05) is 74.5 Å². The molecule has 3 aromatic carbocycles. The van der Waals surface area contributed by atoms with Gasteiger partial charge >= 0.3 is 6.03 Å². The lowest BCUT2D eigenvalue weighted by Gasteiger charge is -2.46. The second-order valence-electron chi connectivity index (χ2n) is 14.7. The third kappa shape index (κ3) is 7.61. The molecule has 2 amide bonds. The number of nitrogens with one attached hydrogen (secondary N) is 1. The summed E-state index contributed by atoms with van der Waals surface area (Å²) >= 11 is 0. The molecule has 1 saturated carbocycles. The Balaban J connectivity index is 1.63. The summed E-state index contributed by atoms with van der Waals surface area (Å²) in [6.45, 7) is 11.0. The van der Waals surface area contributed by atoms with Crippen LogP contribution in [0, 0.1) is 5.41 Å². The molecule has 0 saturated heterocycles. The lowest BCUT2D eigenvalue weighted by molar-refractivity contribution is -0.0770. The number of amides is 2. The van der Waals surface area contributed by atoms with Crippen LogP contribution in [-0.4, -0.2) is 57.8 Å². The molecule has 6 nitrogen and oxygen atoms in total. The van der Waals surface area contributed by atoms with Crippen molar-refractivity contribution in [2.45, 2.75) is 110 Å². The molecule has 3 aliphatic carbocycles. The van der Waals surface area contributed by atoms with Crippen LogP contribution in [0.15, 0.2) is 84.4 Å². The number of urea groups is 1. The molecule has 1 fully saturated rings. The highest BCUT2D eigenvalue weighted by molar-refractivity contribution is 6.13. The van der Waals surface area contributed by atoms with Gasteiger partial charge in [0.1, 0.15) is 0 Å². The van der Waals surface area contributed by atoms with Crippen LogP contribution in [0.5, 0.6) is 0 Å². The summed E-state index contributed by atoms with van der Waals surface area (Å²) in [5.74, 6) is -0.164. The molecular formula is C42H54N2O4. The predicted molar refractivity (Wildman–Crippen MR) is 194 cm³/mol. The molecular weight excluding hydrogens is 596 g/mol. The Morgan fingerprint density at radius 2 is 1.71 bits per heavy atom. The van der Waals surface area contributed by atoms with E-state index in [0.717, 1.165) is 41.5 Å². The van der Waals surface area contributed by atoms with Crippen LogP contribution in [-0.2, 0) is 6.42 Å². The number of hydrogen-bond acceptors (Lipinski definition) is 4. The van der Waals surface area contributed by atoms with Crippen LogP contribution in [0.1, 0.15) is 113 Å². The quantitative estimate of drug-likeness (QED) is 0.169. The molecule has 0 aliphatic heterocycles. The van der Waals surface area contributed by atoms with Gasteiger partial charge in [-0.05, 0) is 106 Å². The summed E-state index contributed by atoms with van der Waals surface area (Å²) in [4.78, 5) is 30.0. The number of fused-ring (bicyclic) bond motifs is 8. The first-order valence-corrected chi connectivity index (χ1v) is 17.9. The number of ketones is 1. The van der Waals surface area contributed by atoms with Crippen molar-refractivity contribution in [3.63, 3.8) is 0 Å². The maximum atomic E-state index is 14.8. The van der Waals surface area contributed by atoms with Gasteiger partial charge in [-0.25, -0.2) is 4.79 Å². The van der Waals surface area contributed by atoms with E-state index >= 15 is 0 Å². The molecule has 3 aliphatic rings. The molecule has 4 atom stereocenters. The standard InChI is InChI=1S/C42H54N2O4/c1-6-25-44(40(47)43-29(2)3)28-42(48)24-22-38-35-21-19-31(26-33(45)20-18-30(4)13-12-23-41(38,42)5)27-37(35)39(46)36-17-11-10-16-34(36)32-14-8-7-9-15-32/h7-11,13-17,19,21,27,29,33,38,45,48H,6,12,18,20,22-26,28H2,1-5H3,(H,43,47)/t33-,38-,41-,42+/m0/s1. The molecule has 0 heterocycles. The number of hydrogen-bond donors (Lipinski definition) is 3. The van der Waals surface area contributed by atoms with Gasteiger partial charge in [-0.15, -0.1) is 0 Å². The van der Waals surface area contributed by atoms with Gasteiger partial charge in [0.15, 0.2) is 5.78 Å². The van der Waals surface area contributed by atoms with E-state index in [9.17, 15) is 19.8 Å². The van der Waals surface area contributed by atoms with Gasteiger partial charge in [0, 0.05) is 29.1 Å². The number of carbonyl (C=O) groups excluding carboxylic acids is 2. The van der Waals surface area contributed by atoms with E-state index in [2.05, 4.69) is 44.3 Å². The highest BCUT2D eigenvalue weighted by Gasteiger charge is 2.57. The molecule has 0 radical (unpaired) electrons. The average Bonchev–Trinajstić information content (AvgIpc) is 3.32. The van der Waals surface area contributed by atoms with Gasteiger partial charge in [-0.1, -0.05) is 92.2 Å². The van der Waals surface area contributed by atoms with E-state index in [4.69, 9.17) is 0 Å². The molecule has 3 aromatic rings. The lowest BCUT2D eigenvalue weighted by atomic mass is 9.64. The summed E-state index contributed by atoms with van der Waals surface area (Å²) in [6.07, 6.45) is 7.13. The first kappa shape index (κ1) is 35.6. The smallest absolute Gasteiger partial charge is 0.317 e. The van der Waals surface area contributed by atoms with Crippen molar-refractivity contribution in [1.82, 2.24) is 10.2 Å². The van der Waals surface area contributed by atoms with Gasteiger partial charge in [-0.3, -0.25) is 4.79 Å². The van der Waals surface area contributed by atoms with Crippen LogP contribution < -0.4 is 5.32 Å². The van der Waals surface area contributed by atoms with Crippen LogP contribution in [0.3, 0.4) is 0 Å². The van der Waals surface area contributed by atoms with Crippen molar-refractivity contribution in [3.05, 3.63) is 107 Å². The van der Waals surface area contributed by atoms with E-state index in [1.54, 1.807) is 4.90 Å². The number of aliphatic hydroxyl groups excluding tert-OH is 1. The minimum Gasteiger partial charge on any atom is -0.393 e. The maximum Gasteiger partial charge on any atom is 0.317 e. The molecule has 0 spiro atoms. The predicted octanol–water partition coefficient (Wildman–Crippen LogP) is 8.45. The molecule has 6 rings (SSSR count). The summed E-state index contributed by atoms with van der Waals surface area (Å²) < 4.78 is 0. The first-order chi connectivity index (χ1) is 23.0. The van der Waals surface area contributed by atoms with E-state index < -0.39 is 17.1 Å². The molecule has 256 valence electrons. The third-order valence-corrected chi connectivity index (χ3v) is 10.8. The second kappa shape index (κ2) is 15.2. The Bertz CT molecular complexity index is 1610. The minimum absolute atomic E-state index is 0.00903. The number of aliphatic hydroxyl groups is 2. The fourth-order valence-corrected chi connectivity index (χ4v) is 8.07. The highest BCUT2D eigenvalue weighted by atomic mass is 16.3. The number of carbonyl (C=O) groups is 2. The summed E-state index contributed by atoms with van der Waals surface area (Å²) in [6, 6.07) is 23.8. The summed E-state index contributed by atoms with van der Waals surface area (Å²) in [5.41, 5.74) is 4.46. The van der Waals surface area contributed by atoms with Gasteiger partial charge < -0.3 is 20.4 Å². The minimum atomic E-state index is -1.16. The zero-order valence-electron chi connectivity index (χ0n) is 29.5. The maximum absolute atomic E-state index is 14.8. The monoisotopic (exact) mass is 650 g/mol. The van der Waals surface area contributed by atoms with Crippen molar-refractivity contribution in [2.24, 2.45) is 5.41 Å². The van der Waals surface area contributed by atoms with Crippen molar-refractivity contribution in [1.29, 1.82) is 0 Å². The van der Waals surface area contributed by atoms with Crippen LogP contribution in [0.2, 0.25) is 0 Å². The van der Waals surface area contributed by atoms with Crippen LogP contribution in [0.25, 0.3) is 11.1 Å². The number of nitrogens with zero attached hydrogens (tertiary/aromatic N) is 1. The average molecular weight is 651 g/mol. The second-order valence-corrected chi connectivity index (χ2v) is 14.7. The Kier molecular flexibility index (Phi) is 11.3. The Labute approximate surface area is 287 Å². The van der Waals surface area contributed by atoms with Gasteiger partial charge in [0.25, 0.3) is 0 Å². The van der Waals surface area contributed by atoms with E-state index in [0.29, 0.717) is 49.8 Å². The zero-order chi connectivity index (χ0) is 34.5. The van der Waals surface area contributed by atoms with Crippen molar-refractivity contribution in [3.8, 4) is 11.1 Å². The molecule has 3 N–H and O–H groups in total. The Morgan fingerprint density at radius 3 is 2.44 bits per heavy atom. The molecule has 6 heteroatoms. The van der Waals surface area contributed by atoms with Crippen molar-refractivity contribution in [2.75, 3.05) is 13.1 Å². The van der Waals surface area contributed by atoms with Gasteiger partial charge in [-0.2, -0.15) is 0 Å². The van der Waals surface area contributed by atoms with Gasteiger partial charge in [0.2, 0.25) is 0 Å². The Morgan fingerprint density at radius 1 is 0.979 bits per heavy atom. The topological polar surface area (TPSA) is 89.9 Å². The molecule has 0 unspecified atom stereocenters. The zero-order valence-corrected chi connectivity index (χ0v) is 29.5. The normalized spacial score (nSPS) is 24.5. The number of rotatable bonds is 8. The SMILES string of the molecule is CCCN(C[C@]1(O)CC[C@H]2c3ccc(cc3C(=O)c3ccccc3-c3ccccc3)C[C@@H](O)CCC(C)=CCC[C@@]21C)C(=O)NC(C)C. The van der Waals surface area contributed by atoms with Crippen molar-refractivity contribution >= 4 is 11.8 Å². The number of allylic oxidation sites excluding steroid dienone is 2. The fourth-order valence-electron chi connectivity index (χ4n) is 8.07. The van der Waals surface area contributed by atoms with Crippen LogP contribution >= 0.6 is 0 Å². The molecule has 0 aromatic heterocycles. The van der Waals surface area contributed by atoms with Crippen molar-refractivity contribution < 1.29 is 19.8 Å². The van der Waals surface area contributed by atoms with E-state index in [-0.39, 0.29) is 30.3 Å². The van der Waals surface area contributed by atoms with E-state index in [1.165, 1.54) is 5.57 Å². The fraction of sp³-hybridized carbons (Fsp3) is 0.476. The number of benzene rings is 3. The first-order valence-electron chi connectivity index (χ1n) is 17.9. The largest absolute Gasteiger partial charge is 0.393 e. The van der Waals surface area contributed by atoms with Crippen LogP contribution in [0.4, 0.5) is 4.79 Å². The molecule has 2 bridgehead atoms. The summed E-state index contributed by atoms with van der Waals surface area (Å²) in [5, 5.41) is 26.8.